The monoisotopic (exact) mass is 1010 g/mol. The largest absolute Gasteiger partial charge is 0.479 e. The minimum atomic E-state index is -5.52. The molecule has 2 fully saturated rings. The first-order valence-electron chi connectivity index (χ1n) is 21.9. The maximum absolute atomic E-state index is 13.4. The highest BCUT2D eigenvalue weighted by Gasteiger charge is 2.55. The fourth-order valence-corrected chi connectivity index (χ4v) is 7.80. The summed E-state index contributed by atoms with van der Waals surface area (Å²) in [4.78, 5) is 62.3. The molecule has 0 spiro atoms. The maximum atomic E-state index is 13.4. The average Bonchev–Trinajstić information content (AvgIpc) is 3.28. The van der Waals surface area contributed by atoms with Gasteiger partial charge in [0.05, 0.1) is 38.6 Å². The molecule has 6 unspecified atom stereocenters. The molecule has 13 N–H and O–H groups in total. The van der Waals surface area contributed by atoms with Gasteiger partial charge in [-0.15, -0.1) is 0 Å². The number of carbonyl (C=O) groups excluding carboxylic acids is 3. The number of hydrogen-bond donors (Lipinski definition) is 12. The fraction of sp³-hybridized carbons (Fsp3) is 0.756. The number of carboxylic acids is 1. The summed E-state index contributed by atoms with van der Waals surface area (Å²) in [5.74, 6) is -5.69. The van der Waals surface area contributed by atoms with Crippen LogP contribution in [0.25, 0.3) is 10.4 Å². The molecular formula is C41H69N6O21P. The average molecular weight is 1010 g/mol. The van der Waals surface area contributed by atoms with E-state index >= 15 is 0 Å². The second-order valence-corrected chi connectivity index (χ2v) is 18.1. The van der Waals surface area contributed by atoms with Gasteiger partial charge in [0, 0.05) is 30.9 Å². The third kappa shape index (κ3) is 21.1. The number of aliphatic hydroxyl groups is 7. The van der Waals surface area contributed by atoms with Gasteiger partial charge in [-0.05, 0) is 65.3 Å². The summed E-state index contributed by atoms with van der Waals surface area (Å²) >= 11 is 0. The lowest BCUT2D eigenvalue weighted by Crippen LogP contribution is -2.68. The second kappa shape index (κ2) is 30.7. The zero-order chi connectivity index (χ0) is 52.0. The van der Waals surface area contributed by atoms with Crippen molar-refractivity contribution in [2.45, 2.75) is 146 Å². The summed E-state index contributed by atoms with van der Waals surface area (Å²) in [6, 6.07) is -1.76. The molecule has 0 aromatic heterocycles. The molecule has 28 heteroatoms. The van der Waals surface area contributed by atoms with E-state index in [0.29, 0.717) is 6.42 Å². The summed E-state index contributed by atoms with van der Waals surface area (Å²) in [7, 11) is -5.52. The summed E-state index contributed by atoms with van der Waals surface area (Å²) in [6.07, 6.45) is -14.3. The van der Waals surface area contributed by atoms with Crippen molar-refractivity contribution in [2.75, 3.05) is 46.1 Å². The maximum Gasteiger partial charge on any atom is 0.474 e. The minimum absolute atomic E-state index is 0.229. The Kier molecular flexibility index (Phi) is 27.2. The quantitative estimate of drug-likeness (QED) is 0.0123. The number of azide groups is 1. The number of phosphoric acid groups is 1. The highest BCUT2D eigenvalue weighted by atomic mass is 31.2. The number of aliphatic carboxylic acids is 1. The molecule has 2 aliphatic heterocycles. The Morgan fingerprint density at radius 3 is 2.13 bits per heavy atom. The first-order chi connectivity index (χ1) is 32.5. The van der Waals surface area contributed by atoms with E-state index in [1.807, 2.05) is 27.7 Å². The number of hydrogen-bond acceptors (Lipinski definition) is 20. The van der Waals surface area contributed by atoms with E-state index in [2.05, 4.69) is 32.8 Å². The number of nitrogens with one attached hydrogen (secondary N) is 2. The number of carboxylic acid groups (broad SMARTS) is 1. The molecule has 0 saturated carbocycles. The van der Waals surface area contributed by atoms with Crippen LogP contribution in [0.15, 0.2) is 40.1 Å². The third-order valence-corrected chi connectivity index (χ3v) is 11.7. The summed E-state index contributed by atoms with van der Waals surface area (Å²) in [6.45, 7) is 4.05. The van der Waals surface area contributed by atoms with Crippen LogP contribution in [0.4, 0.5) is 0 Å². The van der Waals surface area contributed by atoms with Crippen molar-refractivity contribution in [2.24, 2.45) is 16.8 Å². The van der Waals surface area contributed by atoms with Gasteiger partial charge in [-0.25, -0.2) is 9.36 Å². The zero-order valence-corrected chi connectivity index (χ0v) is 40.0. The number of ether oxygens (including phenoxy) is 5. The Hall–Kier alpha value is -3.96. The molecule has 3 amide bonds. The summed E-state index contributed by atoms with van der Waals surface area (Å²) in [5.41, 5.74) is 17.2. The lowest BCUT2D eigenvalue weighted by atomic mass is 9.93. The molecule has 27 nitrogen and oxygen atoms in total. The molecule has 2 rings (SSSR count). The smallest absolute Gasteiger partial charge is 0.474 e. The number of primary amides is 1. The molecule has 0 radical (unpaired) electrons. The van der Waals surface area contributed by atoms with Crippen LogP contribution in [0.3, 0.4) is 0 Å². The first kappa shape index (κ1) is 61.2. The molecule has 394 valence electrons. The third-order valence-electron chi connectivity index (χ3n) is 10.8. The molecule has 2 saturated heterocycles. The number of amides is 3. The molecule has 69 heavy (non-hydrogen) atoms. The minimum Gasteiger partial charge on any atom is -0.479 e. The van der Waals surface area contributed by atoms with Gasteiger partial charge in [-0.2, -0.15) is 0 Å². The van der Waals surface area contributed by atoms with Crippen LogP contribution in [0.5, 0.6) is 0 Å². The van der Waals surface area contributed by atoms with Gasteiger partial charge in [0.15, 0.2) is 24.8 Å². The highest BCUT2D eigenvalue weighted by Crippen LogP contribution is 2.47. The lowest BCUT2D eigenvalue weighted by molar-refractivity contribution is -0.343. The van der Waals surface area contributed by atoms with E-state index in [1.54, 1.807) is 6.08 Å². The van der Waals surface area contributed by atoms with Crippen molar-refractivity contribution < 1.29 is 102 Å². The molecule has 0 aliphatic carbocycles. The van der Waals surface area contributed by atoms with Gasteiger partial charge in [0.2, 0.25) is 17.7 Å². The molecule has 0 aromatic carbocycles. The van der Waals surface area contributed by atoms with Crippen LogP contribution in [0, 0.1) is 5.92 Å². The standard InChI is InChI=1S/C41H69N6O21P/c1-21(2)8-6-9-22(3)10-7-11-23(4)12-13-62-29(39(58)59)20-63-69(60,61)68-41-37(34(56)33(55)36(66-41)38(42)57)67-40-31(46-24(5)51)32(54)35(28(19-50)65-40)64-26(14-25(17-48)27(52)18-49)15-44-30(53)16-45-47-43/h8,10,12,25-29,31-37,40-41,48-50,52,54-56H,6-7,9,11,13-20H2,1-5H3,(H2,42,57)(H,44,53)(H,46,51)(H,58,59)(H,60,61)/b22-10+,23-12-/t25?,26-,27-,28?,29-,31+,32?,33-,34+,35-,36?,37?,40+,41-/m1/s1. The molecule has 2 heterocycles. The molecule has 15 atom stereocenters. The normalized spacial score (nSPS) is 28.0. The van der Waals surface area contributed by atoms with Crippen LogP contribution in [0.2, 0.25) is 0 Å². The van der Waals surface area contributed by atoms with E-state index < -0.39 is 157 Å². The summed E-state index contributed by atoms with van der Waals surface area (Å²) < 4.78 is 51.9. The van der Waals surface area contributed by atoms with E-state index in [0.717, 1.165) is 31.8 Å². The fourth-order valence-electron chi connectivity index (χ4n) is 6.98. The lowest BCUT2D eigenvalue weighted by Gasteiger charge is -2.48. The predicted molar refractivity (Wildman–Crippen MR) is 238 cm³/mol. The van der Waals surface area contributed by atoms with Gasteiger partial charge in [-0.1, -0.05) is 40.1 Å². The van der Waals surface area contributed by atoms with E-state index in [-0.39, 0.29) is 13.0 Å². The van der Waals surface area contributed by atoms with Crippen molar-refractivity contribution in [1.82, 2.24) is 10.6 Å². The summed E-state index contributed by atoms with van der Waals surface area (Å²) in [5, 5.41) is 91.5. The van der Waals surface area contributed by atoms with Crippen LogP contribution in [0.1, 0.15) is 66.7 Å². The van der Waals surface area contributed by atoms with Crippen molar-refractivity contribution in [3.63, 3.8) is 0 Å². The van der Waals surface area contributed by atoms with Crippen LogP contribution in [-0.4, -0.2) is 195 Å². The SMILES string of the molecule is CC(=O)N[C@H]1C(O)[C@H](O[C@@H](CNC(=O)CN=[N+]=[N-])CC(CO)[C@H](O)CO)C(CO)O[C@H]1OC1[C@@H](OP(=O)(O)OC[C@@H](OC/C=C(/C)CC/C=C(\C)CCC=C(C)C)C(=O)O)OC(C(N)=O)[C@H](O)[C@@H]1O. The number of carbonyl (C=O) groups is 4. The Labute approximate surface area is 398 Å². The van der Waals surface area contributed by atoms with Gasteiger partial charge in [0.1, 0.15) is 49.2 Å². The van der Waals surface area contributed by atoms with Gasteiger partial charge < -0.3 is 85.8 Å². The molecule has 0 aromatic rings. The second-order valence-electron chi connectivity index (χ2n) is 16.7. The molecular weight excluding hydrogens is 943 g/mol. The van der Waals surface area contributed by atoms with E-state index in [9.17, 15) is 69.5 Å². The number of nitrogens with two attached hydrogens (primary N) is 1. The van der Waals surface area contributed by atoms with Gasteiger partial charge in [-0.3, -0.25) is 23.4 Å². The predicted octanol–water partition coefficient (Wildman–Crippen LogP) is -1.56. The number of rotatable bonds is 31. The van der Waals surface area contributed by atoms with Crippen molar-refractivity contribution >= 4 is 31.5 Å². The molecule has 2 aliphatic rings. The van der Waals surface area contributed by atoms with Crippen LogP contribution in [-0.2, 0) is 56.5 Å². The number of allylic oxidation sites excluding steroid dienone is 5. The van der Waals surface area contributed by atoms with Crippen molar-refractivity contribution in [3.8, 4) is 0 Å². The zero-order valence-electron chi connectivity index (χ0n) is 39.1. The topological polar surface area (TPSA) is 431 Å². The van der Waals surface area contributed by atoms with Gasteiger partial charge in [0.25, 0.3) is 0 Å². The Balaban J connectivity index is 2.34. The van der Waals surface area contributed by atoms with Crippen molar-refractivity contribution in [3.05, 3.63) is 45.4 Å². The van der Waals surface area contributed by atoms with Gasteiger partial charge >= 0.3 is 13.8 Å². The number of aliphatic hydroxyl groups excluding tert-OH is 7. The van der Waals surface area contributed by atoms with Crippen LogP contribution >= 0.6 is 7.82 Å². The first-order valence-corrected chi connectivity index (χ1v) is 23.4. The number of phosphoric ester groups is 1. The van der Waals surface area contributed by atoms with Crippen molar-refractivity contribution in [1.29, 1.82) is 0 Å². The Morgan fingerprint density at radius 1 is 0.913 bits per heavy atom. The number of nitrogens with zero attached hydrogens (tertiary/aromatic N) is 3. The highest BCUT2D eigenvalue weighted by molar-refractivity contribution is 7.47. The van der Waals surface area contributed by atoms with E-state index in [1.165, 1.54) is 11.1 Å². The Morgan fingerprint density at radius 2 is 1.57 bits per heavy atom. The van der Waals surface area contributed by atoms with Crippen LogP contribution < -0.4 is 16.4 Å². The molecule has 0 bridgehead atoms. The Bertz CT molecular complexity index is 1850. The van der Waals surface area contributed by atoms with E-state index in [4.69, 9.17) is 44.0 Å².